The Bertz CT molecular complexity index is 1340. The van der Waals surface area contributed by atoms with Crippen LogP contribution in [0.2, 0.25) is 0 Å². The second-order valence-corrected chi connectivity index (χ2v) is 11.7. The predicted octanol–water partition coefficient (Wildman–Crippen LogP) is 5.43. The topological polar surface area (TPSA) is 81.2 Å². The van der Waals surface area contributed by atoms with Crippen LogP contribution in [0.3, 0.4) is 0 Å². The molecular weight excluding hydrogens is 518 g/mol. The Balaban J connectivity index is 1.59. The second kappa shape index (κ2) is 12.5. The van der Waals surface area contributed by atoms with Gasteiger partial charge in [-0.15, -0.1) is 0 Å². The van der Waals surface area contributed by atoms with Crippen molar-refractivity contribution in [3.8, 4) is 0 Å². The van der Waals surface area contributed by atoms with Crippen LogP contribution in [0.25, 0.3) is 11.6 Å². The van der Waals surface area contributed by atoms with Crippen LogP contribution in [-0.4, -0.2) is 73.5 Å². The van der Waals surface area contributed by atoms with Crippen molar-refractivity contribution in [3.05, 3.63) is 70.1 Å². The van der Waals surface area contributed by atoms with E-state index >= 15 is 0 Å². The van der Waals surface area contributed by atoms with Gasteiger partial charge in [-0.2, -0.15) is 0 Å². The average molecular weight is 560 g/mol. The average Bonchev–Trinajstić information content (AvgIpc) is 3.12. The molecule has 218 valence electrons. The SMILES string of the molecule is CCOC(=O)N1CCC(=C2c3cc(N4CCOCC4)c(/C=C/C(=O)OC(C)(C)C)cc3CCc3cccnc32)CC1. The molecule has 1 aromatic carbocycles. The predicted molar refractivity (Wildman–Crippen MR) is 160 cm³/mol. The van der Waals surface area contributed by atoms with Crippen molar-refractivity contribution in [3.63, 3.8) is 0 Å². The van der Waals surface area contributed by atoms with E-state index in [1.807, 2.05) is 46.0 Å². The summed E-state index contributed by atoms with van der Waals surface area (Å²) < 4.78 is 16.5. The van der Waals surface area contributed by atoms with E-state index in [-0.39, 0.29) is 12.1 Å². The van der Waals surface area contributed by atoms with E-state index in [0.717, 1.165) is 55.7 Å². The van der Waals surface area contributed by atoms with Gasteiger partial charge >= 0.3 is 12.1 Å². The highest BCUT2D eigenvalue weighted by atomic mass is 16.6. The Morgan fingerprint density at radius 3 is 2.46 bits per heavy atom. The monoisotopic (exact) mass is 559 g/mol. The van der Waals surface area contributed by atoms with Crippen LogP contribution >= 0.6 is 0 Å². The molecule has 0 atom stereocenters. The van der Waals surface area contributed by atoms with Crippen LogP contribution in [-0.2, 0) is 31.8 Å². The number of esters is 1. The summed E-state index contributed by atoms with van der Waals surface area (Å²) >= 11 is 0. The van der Waals surface area contributed by atoms with Crippen LogP contribution < -0.4 is 4.90 Å². The zero-order chi connectivity index (χ0) is 29.0. The number of aromatic nitrogens is 1. The van der Waals surface area contributed by atoms with Crippen LogP contribution in [0.5, 0.6) is 0 Å². The van der Waals surface area contributed by atoms with Gasteiger partial charge in [-0.1, -0.05) is 11.6 Å². The number of hydrogen-bond acceptors (Lipinski definition) is 7. The summed E-state index contributed by atoms with van der Waals surface area (Å²) in [6, 6.07) is 8.71. The molecule has 8 nitrogen and oxygen atoms in total. The number of piperidine rings is 1. The van der Waals surface area contributed by atoms with Gasteiger partial charge < -0.3 is 24.0 Å². The summed E-state index contributed by atoms with van der Waals surface area (Å²) in [4.78, 5) is 34.0. The Kier molecular flexibility index (Phi) is 8.78. The van der Waals surface area contributed by atoms with E-state index in [2.05, 4.69) is 23.1 Å². The van der Waals surface area contributed by atoms with E-state index in [1.54, 1.807) is 4.90 Å². The molecule has 2 saturated heterocycles. The lowest BCUT2D eigenvalue weighted by Gasteiger charge is -2.32. The zero-order valence-electron chi connectivity index (χ0n) is 24.7. The fourth-order valence-electron chi connectivity index (χ4n) is 5.84. The maximum Gasteiger partial charge on any atom is 0.409 e. The molecule has 3 aliphatic rings. The van der Waals surface area contributed by atoms with E-state index < -0.39 is 5.60 Å². The Labute approximate surface area is 243 Å². The first-order valence-electron chi connectivity index (χ1n) is 14.7. The number of hydrogen-bond donors (Lipinski definition) is 0. The number of ether oxygens (including phenoxy) is 3. The number of likely N-dealkylation sites (tertiary alicyclic amines) is 1. The summed E-state index contributed by atoms with van der Waals surface area (Å²) in [5, 5.41) is 0. The number of pyridine rings is 1. The molecule has 0 unspecified atom stereocenters. The van der Waals surface area contributed by atoms with Crippen molar-refractivity contribution in [2.75, 3.05) is 50.9 Å². The molecule has 0 saturated carbocycles. The molecule has 1 aromatic heterocycles. The molecule has 1 amide bonds. The number of benzene rings is 1. The molecule has 5 rings (SSSR count). The van der Waals surface area contributed by atoms with Gasteiger partial charge in [0.15, 0.2) is 0 Å². The summed E-state index contributed by atoms with van der Waals surface area (Å²) in [6.07, 6.45) is 8.36. The van der Waals surface area contributed by atoms with E-state index in [9.17, 15) is 9.59 Å². The molecule has 2 aromatic rings. The normalized spacial score (nSPS) is 17.7. The van der Waals surface area contributed by atoms with Gasteiger partial charge in [-0.3, -0.25) is 4.98 Å². The molecule has 3 heterocycles. The third-order valence-electron chi connectivity index (χ3n) is 7.72. The summed E-state index contributed by atoms with van der Waals surface area (Å²) in [6.45, 7) is 12.0. The largest absolute Gasteiger partial charge is 0.457 e. The highest BCUT2D eigenvalue weighted by molar-refractivity contribution is 5.91. The molecule has 8 heteroatoms. The molecule has 0 spiro atoms. The third kappa shape index (κ3) is 6.81. The van der Waals surface area contributed by atoms with Crippen LogP contribution in [0, 0.1) is 0 Å². The number of morpholine rings is 1. The number of amides is 1. The van der Waals surface area contributed by atoms with Crippen molar-refractivity contribution in [2.24, 2.45) is 0 Å². The summed E-state index contributed by atoms with van der Waals surface area (Å²) in [5.74, 6) is -0.354. The first kappa shape index (κ1) is 28.9. The minimum Gasteiger partial charge on any atom is -0.457 e. The number of carbonyl (C=O) groups is 2. The Morgan fingerprint density at radius 1 is 1.02 bits per heavy atom. The van der Waals surface area contributed by atoms with Gasteiger partial charge in [0.2, 0.25) is 0 Å². The number of anilines is 1. The lowest BCUT2D eigenvalue weighted by atomic mass is 9.87. The summed E-state index contributed by atoms with van der Waals surface area (Å²) in [7, 11) is 0. The highest BCUT2D eigenvalue weighted by Crippen LogP contribution is 2.41. The number of fused-ring (bicyclic) bond motifs is 2. The molecule has 2 aliphatic heterocycles. The molecule has 0 N–H and O–H groups in total. The van der Waals surface area contributed by atoms with Crippen molar-refractivity contribution >= 4 is 29.4 Å². The molecule has 0 radical (unpaired) electrons. The zero-order valence-corrected chi connectivity index (χ0v) is 24.7. The van der Waals surface area contributed by atoms with Gasteiger partial charge in [-0.05, 0) is 99.9 Å². The van der Waals surface area contributed by atoms with Crippen molar-refractivity contribution in [1.29, 1.82) is 0 Å². The second-order valence-electron chi connectivity index (χ2n) is 11.7. The van der Waals surface area contributed by atoms with Crippen molar-refractivity contribution < 1.29 is 23.8 Å². The van der Waals surface area contributed by atoms with Crippen LogP contribution in [0.15, 0.2) is 42.1 Å². The van der Waals surface area contributed by atoms with Gasteiger partial charge in [0, 0.05) is 49.7 Å². The molecule has 2 fully saturated rings. The van der Waals surface area contributed by atoms with Crippen LogP contribution in [0.4, 0.5) is 10.5 Å². The Hall–Kier alpha value is -3.65. The number of carbonyl (C=O) groups excluding carboxylic acids is 2. The number of aryl methyl sites for hydroxylation is 2. The molecule has 0 bridgehead atoms. The quantitative estimate of drug-likeness (QED) is 0.365. The first-order valence-corrected chi connectivity index (χ1v) is 14.7. The van der Waals surface area contributed by atoms with Crippen molar-refractivity contribution in [1.82, 2.24) is 9.88 Å². The maximum absolute atomic E-state index is 12.6. The van der Waals surface area contributed by atoms with E-state index in [4.69, 9.17) is 19.2 Å². The van der Waals surface area contributed by atoms with Gasteiger partial charge in [0.25, 0.3) is 0 Å². The Morgan fingerprint density at radius 2 is 1.76 bits per heavy atom. The fraction of sp³-hybridized carbons (Fsp3) is 0.485. The molecule has 41 heavy (non-hydrogen) atoms. The molecular formula is C33H41N3O5. The van der Waals surface area contributed by atoms with Crippen molar-refractivity contribution in [2.45, 2.75) is 59.0 Å². The number of rotatable bonds is 4. The standard InChI is InChI=1S/C33H41N3O5/c1-5-40-32(38)36-15-12-23(13-16-36)30-27-22-28(35-17-19-39-20-18-35)26(10-11-29(37)41-33(2,3)4)21-25(27)9-8-24-7-6-14-34-31(24)30/h6-7,10-11,14,21-22H,5,8-9,12-13,15-20H2,1-4H3/b11-10+. The minimum absolute atomic E-state index is 0.243. The maximum atomic E-state index is 12.6. The fourth-order valence-corrected chi connectivity index (χ4v) is 5.84. The minimum atomic E-state index is -0.551. The van der Waals surface area contributed by atoms with E-state index in [1.165, 1.54) is 33.9 Å². The van der Waals surface area contributed by atoms with Crippen LogP contribution in [0.1, 0.15) is 68.5 Å². The number of nitrogens with zero attached hydrogens (tertiary/aromatic N) is 3. The summed E-state index contributed by atoms with van der Waals surface area (Å²) in [5.41, 5.74) is 8.73. The smallest absolute Gasteiger partial charge is 0.409 e. The van der Waals surface area contributed by atoms with Gasteiger partial charge in [-0.25, -0.2) is 9.59 Å². The highest BCUT2D eigenvalue weighted by Gasteiger charge is 2.28. The first-order chi connectivity index (χ1) is 19.7. The van der Waals surface area contributed by atoms with Gasteiger partial charge in [0.1, 0.15) is 5.60 Å². The lowest BCUT2D eigenvalue weighted by Crippen LogP contribution is -2.37. The third-order valence-corrected chi connectivity index (χ3v) is 7.72. The van der Waals surface area contributed by atoms with E-state index in [0.29, 0.717) is 32.9 Å². The van der Waals surface area contributed by atoms with Gasteiger partial charge in [0.05, 0.1) is 25.5 Å². The lowest BCUT2D eigenvalue weighted by molar-refractivity contribution is -0.148. The molecule has 1 aliphatic carbocycles.